The van der Waals surface area contributed by atoms with Crippen LogP contribution in [0.2, 0.25) is 0 Å². The average molecular weight is 388 g/mol. The highest BCUT2D eigenvalue weighted by molar-refractivity contribution is 7.05. The van der Waals surface area contributed by atoms with E-state index in [4.69, 9.17) is 4.74 Å². The van der Waals surface area contributed by atoms with Gasteiger partial charge in [0.25, 0.3) is 5.91 Å². The second-order valence-electron chi connectivity index (χ2n) is 6.88. The maximum absolute atomic E-state index is 12.8. The Morgan fingerprint density at radius 3 is 2.63 bits per heavy atom. The number of ether oxygens (including phenoxy) is 1. The van der Waals surface area contributed by atoms with E-state index in [0.717, 1.165) is 5.75 Å². The third-order valence-corrected chi connectivity index (χ3v) is 5.15. The van der Waals surface area contributed by atoms with E-state index in [9.17, 15) is 9.59 Å². The molecular weight excluding hydrogens is 364 g/mol. The number of nitrogens with one attached hydrogen (secondary N) is 1. The summed E-state index contributed by atoms with van der Waals surface area (Å²) in [5.74, 6) is 0.634. The second-order valence-corrected chi connectivity index (χ2v) is 7.71. The molecule has 1 saturated heterocycles. The Labute approximate surface area is 162 Å². The van der Waals surface area contributed by atoms with Crippen LogP contribution in [0.5, 0.6) is 5.75 Å². The van der Waals surface area contributed by atoms with Gasteiger partial charge in [-0.05, 0) is 50.4 Å². The summed E-state index contributed by atoms with van der Waals surface area (Å²) in [5, 5.41) is 6.96. The van der Waals surface area contributed by atoms with Crippen molar-refractivity contribution >= 4 is 23.3 Å². The number of benzene rings is 1. The third kappa shape index (κ3) is 5.03. The number of hydrogen-bond donors (Lipinski definition) is 1. The summed E-state index contributed by atoms with van der Waals surface area (Å²) in [4.78, 5) is 27.4. The molecule has 1 aliphatic heterocycles. The van der Waals surface area contributed by atoms with E-state index in [1.54, 1.807) is 4.90 Å². The van der Waals surface area contributed by atoms with Crippen molar-refractivity contribution in [2.75, 3.05) is 13.1 Å². The van der Waals surface area contributed by atoms with Gasteiger partial charge in [-0.2, -0.15) is 0 Å². The van der Waals surface area contributed by atoms with Crippen molar-refractivity contribution in [3.05, 3.63) is 40.9 Å². The zero-order chi connectivity index (χ0) is 19.2. The summed E-state index contributed by atoms with van der Waals surface area (Å²) >= 11 is 1.18. The first-order chi connectivity index (χ1) is 13.0. The van der Waals surface area contributed by atoms with Crippen molar-refractivity contribution in [2.45, 2.75) is 39.3 Å². The number of nitrogens with zero attached hydrogens (tertiary/aromatic N) is 3. The fourth-order valence-electron chi connectivity index (χ4n) is 3.03. The smallest absolute Gasteiger partial charge is 0.275 e. The molecule has 1 aliphatic rings. The van der Waals surface area contributed by atoms with Crippen LogP contribution in [-0.2, 0) is 11.4 Å². The number of amides is 2. The average Bonchev–Trinajstić information content (AvgIpc) is 3.15. The molecular formula is C19H24N4O3S. The normalized spacial score (nSPS) is 15.0. The minimum Gasteiger partial charge on any atom is -0.488 e. The van der Waals surface area contributed by atoms with Crippen LogP contribution in [0.3, 0.4) is 0 Å². The van der Waals surface area contributed by atoms with Crippen LogP contribution in [0.1, 0.15) is 42.1 Å². The topological polar surface area (TPSA) is 84.4 Å². The molecule has 0 radical (unpaired) electrons. The molecule has 1 fully saturated rings. The number of para-hydroxylation sites is 1. The Morgan fingerprint density at radius 2 is 1.96 bits per heavy atom. The maximum atomic E-state index is 12.8. The summed E-state index contributed by atoms with van der Waals surface area (Å²) < 4.78 is 9.65. The van der Waals surface area contributed by atoms with E-state index in [-0.39, 0.29) is 30.4 Å². The highest BCUT2D eigenvalue weighted by Gasteiger charge is 2.30. The van der Waals surface area contributed by atoms with Crippen molar-refractivity contribution in [2.24, 2.45) is 5.92 Å². The molecule has 1 aromatic carbocycles. The van der Waals surface area contributed by atoms with E-state index in [1.807, 2.05) is 44.2 Å². The number of rotatable bonds is 6. The van der Waals surface area contributed by atoms with E-state index < -0.39 is 0 Å². The number of likely N-dealkylation sites (tertiary alicyclic amines) is 1. The van der Waals surface area contributed by atoms with E-state index in [1.165, 1.54) is 11.5 Å². The van der Waals surface area contributed by atoms with Gasteiger partial charge in [0, 0.05) is 25.0 Å². The van der Waals surface area contributed by atoms with Gasteiger partial charge < -0.3 is 15.0 Å². The first kappa shape index (κ1) is 19.3. The van der Waals surface area contributed by atoms with Crippen LogP contribution in [0.4, 0.5) is 0 Å². The van der Waals surface area contributed by atoms with E-state index >= 15 is 0 Å². The molecule has 1 aromatic heterocycles. The molecule has 8 heteroatoms. The van der Waals surface area contributed by atoms with Crippen LogP contribution < -0.4 is 10.1 Å². The highest BCUT2D eigenvalue weighted by Crippen LogP contribution is 2.22. The van der Waals surface area contributed by atoms with Crippen molar-refractivity contribution < 1.29 is 14.3 Å². The monoisotopic (exact) mass is 388 g/mol. The molecule has 0 aliphatic carbocycles. The zero-order valence-corrected chi connectivity index (χ0v) is 16.4. The van der Waals surface area contributed by atoms with Crippen LogP contribution >= 0.6 is 11.5 Å². The van der Waals surface area contributed by atoms with Gasteiger partial charge in [0.05, 0.1) is 4.88 Å². The molecule has 2 amide bonds. The number of carbonyl (C=O) groups is 2. The number of hydrogen-bond acceptors (Lipinski definition) is 6. The summed E-state index contributed by atoms with van der Waals surface area (Å²) in [6.45, 7) is 5.25. The third-order valence-electron chi connectivity index (χ3n) is 4.46. The van der Waals surface area contributed by atoms with Gasteiger partial charge in [-0.1, -0.05) is 22.7 Å². The molecule has 2 heterocycles. The summed E-state index contributed by atoms with van der Waals surface area (Å²) in [6.07, 6.45) is 1.33. The van der Waals surface area contributed by atoms with Gasteiger partial charge in [-0.3, -0.25) is 9.59 Å². The summed E-state index contributed by atoms with van der Waals surface area (Å²) in [5.41, 5.74) is 0.348. The maximum Gasteiger partial charge on any atom is 0.275 e. The van der Waals surface area contributed by atoms with E-state index in [0.29, 0.717) is 36.5 Å². The van der Waals surface area contributed by atoms with Crippen LogP contribution in [0.25, 0.3) is 0 Å². The van der Waals surface area contributed by atoms with Crippen LogP contribution in [-0.4, -0.2) is 45.4 Å². The fraction of sp³-hybridized carbons (Fsp3) is 0.474. The molecule has 0 unspecified atom stereocenters. The van der Waals surface area contributed by atoms with Crippen molar-refractivity contribution in [1.29, 1.82) is 0 Å². The van der Waals surface area contributed by atoms with E-state index in [2.05, 4.69) is 14.9 Å². The number of carbonyl (C=O) groups excluding carboxylic acids is 2. The van der Waals surface area contributed by atoms with Crippen molar-refractivity contribution in [1.82, 2.24) is 19.8 Å². The Morgan fingerprint density at radius 1 is 1.26 bits per heavy atom. The minimum absolute atomic E-state index is 0.0362. The predicted octanol–water partition coefficient (Wildman–Crippen LogP) is 2.49. The Balaban J connectivity index is 1.56. The van der Waals surface area contributed by atoms with Gasteiger partial charge in [0.1, 0.15) is 12.4 Å². The molecule has 27 heavy (non-hydrogen) atoms. The molecule has 144 valence electrons. The number of aromatic nitrogens is 2. The SMILES string of the molecule is CC(C)NC(=O)C1CCN(C(=O)c2nnsc2COc2ccccc2)CC1. The quantitative estimate of drug-likeness (QED) is 0.822. The lowest BCUT2D eigenvalue weighted by Gasteiger charge is -2.31. The first-order valence-corrected chi connectivity index (χ1v) is 9.90. The molecule has 2 aromatic rings. The molecule has 7 nitrogen and oxygen atoms in total. The van der Waals surface area contributed by atoms with Gasteiger partial charge in [0.15, 0.2) is 5.69 Å². The zero-order valence-electron chi connectivity index (χ0n) is 15.6. The summed E-state index contributed by atoms with van der Waals surface area (Å²) in [7, 11) is 0. The van der Waals surface area contributed by atoms with Crippen LogP contribution in [0.15, 0.2) is 30.3 Å². The predicted molar refractivity (Wildman–Crippen MR) is 103 cm³/mol. The second kappa shape index (κ2) is 8.94. The lowest BCUT2D eigenvalue weighted by atomic mass is 9.95. The Hall–Kier alpha value is -2.48. The van der Waals surface area contributed by atoms with Crippen molar-refractivity contribution in [3.63, 3.8) is 0 Å². The molecule has 0 spiro atoms. The Bertz CT molecular complexity index is 770. The van der Waals surface area contributed by atoms with Gasteiger partial charge in [-0.25, -0.2) is 0 Å². The largest absolute Gasteiger partial charge is 0.488 e. The Kier molecular flexibility index (Phi) is 6.39. The van der Waals surface area contributed by atoms with Gasteiger partial charge in [0.2, 0.25) is 5.91 Å². The summed E-state index contributed by atoms with van der Waals surface area (Å²) in [6, 6.07) is 9.57. The fourth-order valence-corrected chi connectivity index (χ4v) is 3.58. The highest BCUT2D eigenvalue weighted by atomic mass is 32.1. The lowest BCUT2D eigenvalue weighted by Crippen LogP contribution is -2.44. The van der Waals surface area contributed by atoms with Crippen molar-refractivity contribution in [3.8, 4) is 5.75 Å². The molecule has 0 saturated carbocycles. The van der Waals surface area contributed by atoms with Crippen LogP contribution in [0, 0.1) is 5.92 Å². The molecule has 3 rings (SSSR count). The van der Waals surface area contributed by atoms with Gasteiger partial charge in [-0.15, -0.1) is 5.10 Å². The molecule has 0 atom stereocenters. The first-order valence-electron chi connectivity index (χ1n) is 9.13. The lowest BCUT2D eigenvalue weighted by molar-refractivity contribution is -0.126. The molecule has 0 bridgehead atoms. The van der Waals surface area contributed by atoms with Gasteiger partial charge >= 0.3 is 0 Å². The molecule has 1 N–H and O–H groups in total. The minimum atomic E-state index is -0.141. The number of piperidine rings is 1. The standard InChI is InChI=1S/C19H24N4O3S/c1-13(2)20-18(24)14-8-10-23(11-9-14)19(25)17-16(27-22-21-17)12-26-15-6-4-3-5-7-15/h3-7,13-14H,8-12H2,1-2H3,(H,20,24).